The molecule has 10 heavy (non-hydrogen) atoms. The maximum Gasteiger partial charge on any atom is 0.404 e. The molecule has 58 valence electrons. The summed E-state index contributed by atoms with van der Waals surface area (Å²) in [5.74, 6) is 0. The van der Waals surface area contributed by atoms with Crippen LogP contribution in [0, 0.1) is 5.41 Å². The van der Waals surface area contributed by atoms with Crippen LogP contribution in [-0.4, -0.2) is 19.4 Å². The number of hydrogen-bond acceptors (Lipinski definition) is 2. The number of carbonyl (C=O) groups excluding carboxylic acids is 1. The maximum atomic E-state index is 12.1. The molecule has 3 nitrogen and oxygen atoms in total. The summed E-state index contributed by atoms with van der Waals surface area (Å²) >= 11 is 0. The summed E-state index contributed by atoms with van der Waals surface area (Å²) in [6.07, 6.45) is 0.785. The van der Waals surface area contributed by atoms with E-state index in [0.29, 0.717) is 0 Å². The minimum atomic E-state index is -0.820. The Labute approximate surface area is 58.3 Å². The van der Waals surface area contributed by atoms with Gasteiger partial charge in [0.1, 0.15) is 6.61 Å². The molecule has 0 unspecified atom stereocenters. The zero-order valence-electron chi connectivity index (χ0n) is 5.60. The fourth-order valence-corrected chi connectivity index (χ4v) is 0.718. The molecular formula is C6H10FNO2. The van der Waals surface area contributed by atoms with Gasteiger partial charge in [-0.1, -0.05) is 0 Å². The molecule has 0 aromatic heterocycles. The van der Waals surface area contributed by atoms with Gasteiger partial charge in [-0.25, -0.2) is 4.79 Å². The van der Waals surface area contributed by atoms with Crippen LogP contribution in [0.3, 0.4) is 0 Å². The van der Waals surface area contributed by atoms with Crippen molar-refractivity contribution in [1.29, 1.82) is 0 Å². The van der Waals surface area contributed by atoms with Gasteiger partial charge in [0.05, 0.1) is 6.67 Å². The SMILES string of the molecule is NC(=O)OCC1(CF)CC1. The van der Waals surface area contributed by atoms with E-state index in [0.717, 1.165) is 12.8 Å². The summed E-state index contributed by atoms with van der Waals surface area (Å²) in [6.45, 7) is -0.279. The van der Waals surface area contributed by atoms with E-state index in [1.54, 1.807) is 0 Å². The van der Waals surface area contributed by atoms with Crippen molar-refractivity contribution in [3.05, 3.63) is 0 Å². The second-order valence-electron chi connectivity index (χ2n) is 2.74. The fraction of sp³-hybridized carbons (Fsp3) is 0.833. The maximum absolute atomic E-state index is 12.1. The van der Waals surface area contributed by atoms with Gasteiger partial charge >= 0.3 is 6.09 Å². The molecule has 4 heteroatoms. The molecule has 0 radical (unpaired) electrons. The zero-order valence-corrected chi connectivity index (χ0v) is 5.60. The van der Waals surface area contributed by atoms with Crippen LogP contribution in [0.25, 0.3) is 0 Å². The van der Waals surface area contributed by atoms with Crippen molar-refractivity contribution in [3.8, 4) is 0 Å². The third kappa shape index (κ3) is 1.59. The Morgan fingerprint density at radius 3 is 2.60 bits per heavy atom. The summed E-state index contributed by atoms with van der Waals surface area (Å²) in [5.41, 5.74) is 4.33. The molecule has 2 N–H and O–H groups in total. The Kier molecular flexibility index (Phi) is 1.78. The summed E-state index contributed by atoms with van der Waals surface area (Å²) in [4.78, 5) is 10.1. The number of nitrogens with two attached hydrogens (primary N) is 1. The average molecular weight is 147 g/mol. The Hall–Kier alpha value is -0.800. The van der Waals surface area contributed by atoms with E-state index in [2.05, 4.69) is 4.74 Å². The van der Waals surface area contributed by atoms with E-state index >= 15 is 0 Å². The number of primary amides is 1. The van der Waals surface area contributed by atoms with Gasteiger partial charge in [-0.3, -0.25) is 4.39 Å². The predicted octanol–water partition coefficient (Wildman–Crippen LogP) is 0.831. The van der Waals surface area contributed by atoms with Crippen LogP contribution in [0.2, 0.25) is 0 Å². The van der Waals surface area contributed by atoms with E-state index in [-0.39, 0.29) is 12.0 Å². The standard InChI is InChI=1S/C6H10FNO2/c7-3-6(1-2-6)4-10-5(8)9/h1-4H2,(H2,8,9). The van der Waals surface area contributed by atoms with E-state index in [9.17, 15) is 9.18 Å². The first-order chi connectivity index (χ1) is 4.68. The first kappa shape index (κ1) is 7.31. The smallest absolute Gasteiger partial charge is 0.404 e. The van der Waals surface area contributed by atoms with Gasteiger partial charge in [-0.05, 0) is 12.8 Å². The molecule has 0 aromatic carbocycles. The highest BCUT2D eigenvalue weighted by atomic mass is 19.1. The normalized spacial score (nSPS) is 20.1. The molecule has 1 aliphatic carbocycles. The molecule has 0 aliphatic heterocycles. The quantitative estimate of drug-likeness (QED) is 0.642. The minimum Gasteiger partial charge on any atom is -0.449 e. The van der Waals surface area contributed by atoms with Crippen molar-refractivity contribution in [2.24, 2.45) is 11.1 Å². The molecule has 1 amide bonds. The number of hydrogen-bond donors (Lipinski definition) is 1. The van der Waals surface area contributed by atoms with E-state index in [1.807, 2.05) is 0 Å². The third-order valence-corrected chi connectivity index (χ3v) is 1.76. The molecule has 1 saturated carbocycles. The highest BCUT2D eigenvalue weighted by molar-refractivity contribution is 5.64. The lowest BCUT2D eigenvalue weighted by Gasteiger charge is -2.08. The zero-order chi connectivity index (χ0) is 7.61. The number of alkyl halides is 1. The summed E-state index contributed by atoms with van der Waals surface area (Å²) in [7, 11) is 0. The second-order valence-corrected chi connectivity index (χ2v) is 2.74. The second kappa shape index (κ2) is 2.44. The van der Waals surface area contributed by atoms with Crippen LogP contribution < -0.4 is 5.73 Å². The van der Waals surface area contributed by atoms with Crippen molar-refractivity contribution < 1.29 is 13.9 Å². The molecule has 0 atom stereocenters. The molecule has 0 bridgehead atoms. The van der Waals surface area contributed by atoms with Gasteiger partial charge in [-0.2, -0.15) is 0 Å². The van der Waals surface area contributed by atoms with Crippen LogP contribution in [0.1, 0.15) is 12.8 Å². The summed E-state index contributed by atoms with van der Waals surface area (Å²) in [6, 6.07) is 0. The van der Waals surface area contributed by atoms with Crippen LogP contribution >= 0.6 is 0 Å². The molecule has 0 saturated heterocycles. The van der Waals surface area contributed by atoms with Crippen LogP contribution in [0.15, 0.2) is 0 Å². The van der Waals surface area contributed by atoms with E-state index < -0.39 is 12.8 Å². The van der Waals surface area contributed by atoms with Gasteiger partial charge < -0.3 is 10.5 Å². The summed E-state index contributed by atoms with van der Waals surface area (Å²) in [5, 5.41) is 0. The van der Waals surface area contributed by atoms with Crippen molar-refractivity contribution in [2.45, 2.75) is 12.8 Å². The van der Waals surface area contributed by atoms with E-state index in [4.69, 9.17) is 5.73 Å². The molecule has 1 fully saturated rings. The number of ether oxygens (including phenoxy) is 1. The van der Waals surface area contributed by atoms with Crippen molar-refractivity contribution in [1.82, 2.24) is 0 Å². The van der Waals surface area contributed by atoms with Crippen molar-refractivity contribution in [3.63, 3.8) is 0 Å². The van der Waals surface area contributed by atoms with Crippen molar-refractivity contribution >= 4 is 6.09 Å². The van der Waals surface area contributed by atoms with Gasteiger partial charge in [0, 0.05) is 5.41 Å². The van der Waals surface area contributed by atoms with Crippen LogP contribution in [-0.2, 0) is 4.74 Å². The molecule has 0 aromatic rings. The lowest BCUT2D eigenvalue weighted by atomic mass is 10.1. The number of rotatable bonds is 3. The van der Waals surface area contributed by atoms with Crippen LogP contribution in [0.4, 0.5) is 9.18 Å². The average Bonchev–Trinajstić information content (AvgIpc) is 2.64. The Bertz CT molecular complexity index is 145. The molecule has 0 spiro atoms. The Morgan fingerprint density at radius 2 is 2.30 bits per heavy atom. The minimum absolute atomic E-state index is 0.138. The lowest BCUT2D eigenvalue weighted by molar-refractivity contribution is 0.120. The fourth-order valence-electron chi connectivity index (χ4n) is 0.718. The van der Waals surface area contributed by atoms with Gasteiger partial charge in [0.25, 0.3) is 0 Å². The number of halogens is 1. The molecule has 1 aliphatic rings. The highest BCUT2D eigenvalue weighted by Crippen LogP contribution is 2.45. The number of carbonyl (C=O) groups is 1. The van der Waals surface area contributed by atoms with Gasteiger partial charge in [-0.15, -0.1) is 0 Å². The largest absolute Gasteiger partial charge is 0.449 e. The summed E-state index contributed by atoms with van der Waals surface area (Å²) < 4.78 is 16.5. The van der Waals surface area contributed by atoms with Gasteiger partial charge in [0.15, 0.2) is 0 Å². The first-order valence-corrected chi connectivity index (χ1v) is 3.17. The first-order valence-electron chi connectivity index (χ1n) is 3.17. The van der Waals surface area contributed by atoms with Gasteiger partial charge in [0.2, 0.25) is 0 Å². The topological polar surface area (TPSA) is 52.3 Å². The molecule has 0 heterocycles. The van der Waals surface area contributed by atoms with Crippen LogP contribution in [0.5, 0.6) is 0 Å². The lowest BCUT2D eigenvalue weighted by Crippen LogP contribution is -2.20. The molecular weight excluding hydrogens is 137 g/mol. The third-order valence-electron chi connectivity index (χ3n) is 1.76. The molecule has 1 rings (SSSR count). The highest BCUT2D eigenvalue weighted by Gasteiger charge is 2.44. The Morgan fingerprint density at radius 1 is 1.70 bits per heavy atom. The predicted molar refractivity (Wildman–Crippen MR) is 33.2 cm³/mol. The van der Waals surface area contributed by atoms with E-state index in [1.165, 1.54) is 0 Å². The van der Waals surface area contributed by atoms with Crippen molar-refractivity contribution in [2.75, 3.05) is 13.3 Å². The number of amides is 1. The monoisotopic (exact) mass is 147 g/mol. The Balaban J connectivity index is 2.19.